The lowest BCUT2D eigenvalue weighted by molar-refractivity contribution is -0.147. The summed E-state index contributed by atoms with van der Waals surface area (Å²) in [5.41, 5.74) is 1.30. The predicted molar refractivity (Wildman–Crippen MR) is 202 cm³/mol. The topological polar surface area (TPSA) is 65.0 Å². The van der Waals surface area contributed by atoms with Gasteiger partial charge >= 0.3 is 5.97 Å². The minimum Gasteiger partial charge on any atom is -0.463 e. The molecular formula is C38H65BrO5Si2. The number of ether oxygens (including phenoxy) is 1. The van der Waals surface area contributed by atoms with Gasteiger partial charge in [-0.15, -0.1) is 0 Å². The summed E-state index contributed by atoms with van der Waals surface area (Å²) in [5.74, 6) is 0.0150. The molecule has 1 aromatic rings. The van der Waals surface area contributed by atoms with Crippen LogP contribution in [0.15, 0.2) is 53.0 Å². The van der Waals surface area contributed by atoms with Gasteiger partial charge in [0, 0.05) is 16.8 Å². The van der Waals surface area contributed by atoms with E-state index in [1.807, 2.05) is 13.8 Å². The Balaban J connectivity index is 2.30. The third-order valence-electron chi connectivity index (χ3n) is 10.3. The van der Waals surface area contributed by atoms with Crippen LogP contribution in [0.5, 0.6) is 0 Å². The summed E-state index contributed by atoms with van der Waals surface area (Å²) in [6.07, 6.45) is 13.7. The zero-order valence-electron chi connectivity index (χ0n) is 31.0. The van der Waals surface area contributed by atoms with Gasteiger partial charge in [0.25, 0.3) is 0 Å². The number of hydrogen-bond acceptors (Lipinski definition) is 5. The summed E-state index contributed by atoms with van der Waals surface area (Å²) >= 11 is 3.56. The largest absolute Gasteiger partial charge is 0.463 e. The number of benzene rings is 1. The van der Waals surface area contributed by atoms with Gasteiger partial charge in [0.15, 0.2) is 16.6 Å². The number of aliphatic hydroxyl groups is 1. The van der Waals surface area contributed by atoms with Crippen molar-refractivity contribution >= 4 is 38.5 Å². The number of aliphatic hydroxyl groups excluding tert-OH is 1. The Morgan fingerprint density at radius 3 is 2.17 bits per heavy atom. The van der Waals surface area contributed by atoms with Crippen LogP contribution in [0.2, 0.25) is 36.3 Å². The van der Waals surface area contributed by atoms with Crippen LogP contribution in [-0.4, -0.2) is 52.1 Å². The Morgan fingerprint density at radius 2 is 1.61 bits per heavy atom. The molecule has 5 nitrogen and oxygen atoms in total. The van der Waals surface area contributed by atoms with Gasteiger partial charge in [-0.1, -0.05) is 93.9 Å². The first-order valence-corrected chi connectivity index (χ1v) is 24.0. The molecule has 0 bridgehead atoms. The van der Waals surface area contributed by atoms with Gasteiger partial charge in [0.05, 0.1) is 24.4 Å². The van der Waals surface area contributed by atoms with E-state index in [2.05, 4.69) is 132 Å². The zero-order chi connectivity index (χ0) is 34.9. The van der Waals surface area contributed by atoms with Crippen LogP contribution in [0.3, 0.4) is 0 Å². The molecule has 1 aliphatic carbocycles. The number of hydrogen-bond donors (Lipinski definition) is 1. The molecule has 0 aliphatic heterocycles. The maximum absolute atomic E-state index is 11.9. The van der Waals surface area contributed by atoms with Crippen LogP contribution in [0.4, 0.5) is 0 Å². The first-order valence-electron chi connectivity index (χ1n) is 17.4. The lowest BCUT2D eigenvalue weighted by Crippen LogP contribution is -2.45. The van der Waals surface area contributed by atoms with E-state index in [-0.39, 0.29) is 46.2 Å². The molecule has 1 aromatic carbocycles. The number of esters is 1. The number of rotatable bonds is 16. The first-order chi connectivity index (χ1) is 21.1. The fourth-order valence-electron chi connectivity index (χ4n) is 5.38. The molecule has 8 heteroatoms. The van der Waals surface area contributed by atoms with Gasteiger partial charge in [-0.25, -0.2) is 0 Å². The van der Waals surface area contributed by atoms with Crippen LogP contribution in [0.25, 0.3) is 0 Å². The number of halogens is 1. The molecule has 0 radical (unpaired) electrons. The maximum Gasteiger partial charge on any atom is 0.306 e. The Hall–Kier alpha value is -1.04. The normalized spacial score (nSPS) is 22.3. The molecule has 1 N–H and O–H groups in total. The van der Waals surface area contributed by atoms with Crippen LogP contribution in [0.1, 0.15) is 99.5 Å². The molecule has 46 heavy (non-hydrogen) atoms. The minimum absolute atomic E-state index is 0.0161. The number of allylic oxidation sites excluding steroid dienone is 2. The average molecular weight is 738 g/mol. The van der Waals surface area contributed by atoms with Crippen molar-refractivity contribution in [3.63, 3.8) is 0 Å². The fraction of sp³-hybridized carbons (Fsp3) is 0.711. The van der Waals surface area contributed by atoms with Crippen molar-refractivity contribution in [2.75, 3.05) is 0 Å². The monoisotopic (exact) mass is 736 g/mol. The lowest BCUT2D eigenvalue weighted by atomic mass is 9.89. The molecule has 0 amide bonds. The lowest BCUT2D eigenvalue weighted by Gasteiger charge is -2.40. The number of aryl methyl sites for hydroxylation is 1. The summed E-state index contributed by atoms with van der Waals surface area (Å²) in [4.78, 5) is 11.9. The highest BCUT2D eigenvalue weighted by atomic mass is 79.9. The summed E-state index contributed by atoms with van der Waals surface area (Å²) in [6.45, 7) is 26.7. The molecule has 1 fully saturated rings. The van der Waals surface area contributed by atoms with Gasteiger partial charge in [-0.3, -0.25) is 4.79 Å². The Morgan fingerprint density at radius 1 is 1.00 bits per heavy atom. The van der Waals surface area contributed by atoms with Crippen LogP contribution in [-0.2, 0) is 24.8 Å². The van der Waals surface area contributed by atoms with Crippen molar-refractivity contribution in [1.82, 2.24) is 0 Å². The quantitative estimate of drug-likeness (QED) is 0.0792. The third-order valence-corrected chi connectivity index (χ3v) is 19.8. The summed E-state index contributed by atoms with van der Waals surface area (Å²) in [6, 6.07) is 8.58. The highest BCUT2D eigenvalue weighted by Crippen LogP contribution is 2.44. The van der Waals surface area contributed by atoms with Crippen molar-refractivity contribution in [3.05, 3.63) is 58.6 Å². The van der Waals surface area contributed by atoms with Crippen LogP contribution < -0.4 is 0 Å². The zero-order valence-corrected chi connectivity index (χ0v) is 34.6. The highest BCUT2D eigenvalue weighted by Gasteiger charge is 2.47. The second-order valence-corrected chi connectivity index (χ2v) is 27.0. The van der Waals surface area contributed by atoms with E-state index in [1.54, 1.807) is 0 Å². The van der Waals surface area contributed by atoms with Gasteiger partial charge in [-0.2, -0.15) is 0 Å². The van der Waals surface area contributed by atoms with Crippen molar-refractivity contribution in [1.29, 1.82) is 0 Å². The molecule has 5 atom stereocenters. The fourth-order valence-corrected chi connectivity index (χ4v) is 8.32. The van der Waals surface area contributed by atoms with Crippen LogP contribution >= 0.6 is 15.9 Å². The van der Waals surface area contributed by atoms with Crippen LogP contribution in [0, 0.1) is 11.8 Å². The second-order valence-electron chi connectivity index (χ2n) is 16.6. The molecule has 0 heterocycles. The highest BCUT2D eigenvalue weighted by molar-refractivity contribution is 9.10. The molecule has 0 spiro atoms. The standard InChI is InChI=1S/C38H65BrO5Si2/c1-28(2)42-36(41)18-16-14-13-15-17-32-33(35(27-34(32)40)44-46(11,12)38(6,7)8)26-25-31(43-45(9,10)37(3,4)5)24-21-29-19-22-30(39)23-20-29/h13,15,19-20,22-23,25-26,28,31-35,40H,14,16-18,21,24,27H2,1-12H3/b15-13-,26-25+/t31-,32-,33-,34+,35-/m1/s1. The SMILES string of the molecule is CC(C)OC(=O)CCC/C=C\C[C@@H]1[C@@H](/C=C/[C@@H](CCc2ccc(Br)cc2)O[Si](C)(C)C(C)(C)C)[C@H](O[Si](C)(C)C(C)(C)C)C[C@@H]1O. The molecular weight excluding hydrogens is 672 g/mol. The summed E-state index contributed by atoms with van der Waals surface area (Å²) < 4.78 is 20.4. The van der Waals surface area contributed by atoms with E-state index in [4.69, 9.17) is 13.6 Å². The molecule has 0 aromatic heterocycles. The number of carbonyl (C=O) groups excluding carboxylic acids is 1. The van der Waals surface area contributed by atoms with Crippen molar-refractivity contribution in [2.24, 2.45) is 11.8 Å². The van der Waals surface area contributed by atoms with E-state index >= 15 is 0 Å². The Kier molecular flexibility index (Phi) is 15.7. The number of unbranched alkanes of at least 4 members (excludes halogenated alkanes) is 1. The van der Waals surface area contributed by atoms with E-state index in [0.717, 1.165) is 36.6 Å². The Bertz CT molecular complexity index is 1130. The van der Waals surface area contributed by atoms with E-state index in [0.29, 0.717) is 12.8 Å². The van der Waals surface area contributed by atoms with Crippen molar-refractivity contribution in [2.45, 2.75) is 161 Å². The van der Waals surface area contributed by atoms with Gasteiger partial charge in [0.1, 0.15) is 0 Å². The number of carbonyl (C=O) groups is 1. The minimum atomic E-state index is -2.06. The second kappa shape index (κ2) is 17.6. The van der Waals surface area contributed by atoms with E-state index < -0.39 is 22.7 Å². The van der Waals surface area contributed by atoms with Crippen molar-refractivity contribution in [3.8, 4) is 0 Å². The molecule has 0 saturated heterocycles. The summed E-state index contributed by atoms with van der Waals surface area (Å²) in [7, 11) is -4.09. The van der Waals surface area contributed by atoms with Gasteiger partial charge in [0.2, 0.25) is 0 Å². The molecule has 262 valence electrons. The average Bonchev–Trinajstić information content (AvgIpc) is 3.19. The van der Waals surface area contributed by atoms with E-state index in [9.17, 15) is 9.90 Å². The van der Waals surface area contributed by atoms with Gasteiger partial charge < -0.3 is 18.7 Å². The summed E-state index contributed by atoms with van der Waals surface area (Å²) in [5, 5.41) is 11.6. The van der Waals surface area contributed by atoms with Gasteiger partial charge in [-0.05, 0) is 112 Å². The molecule has 1 aliphatic rings. The van der Waals surface area contributed by atoms with E-state index in [1.165, 1.54) is 5.56 Å². The molecule has 2 rings (SSSR count). The smallest absolute Gasteiger partial charge is 0.306 e. The predicted octanol–water partition coefficient (Wildman–Crippen LogP) is 10.8. The van der Waals surface area contributed by atoms with Crippen molar-refractivity contribution < 1.29 is 23.5 Å². The first kappa shape index (κ1) is 41.1. The third kappa shape index (κ3) is 13.1. The molecule has 0 unspecified atom stereocenters. The maximum atomic E-state index is 11.9. The Labute approximate surface area is 292 Å². The molecule has 1 saturated carbocycles.